The van der Waals surface area contributed by atoms with Crippen molar-refractivity contribution in [2.45, 2.75) is 26.4 Å². The minimum atomic E-state index is -0.223. The molecule has 1 aromatic heterocycles. The fourth-order valence-electron chi connectivity index (χ4n) is 1.91. The third-order valence-electron chi connectivity index (χ3n) is 2.80. The van der Waals surface area contributed by atoms with Gasteiger partial charge in [-0.05, 0) is 24.6 Å². The van der Waals surface area contributed by atoms with Gasteiger partial charge in [-0.3, -0.25) is 13.9 Å². The highest BCUT2D eigenvalue weighted by Gasteiger charge is 2.08. The topological polar surface area (TPSA) is 56.0 Å². The van der Waals surface area contributed by atoms with E-state index in [2.05, 4.69) is 21.2 Å². The number of anilines is 1. The van der Waals surface area contributed by atoms with Crippen molar-refractivity contribution in [3.8, 4) is 0 Å². The molecule has 0 aliphatic rings. The molecule has 0 spiro atoms. The Bertz CT molecular complexity index is 660. The minimum Gasteiger partial charge on any atom is -0.324 e. The molecule has 6 heteroatoms. The van der Waals surface area contributed by atoms with Gasteiger partial charge in [-0.2, -0.15) is 0 Å². The van der Waals surface area contributed by atoms with Gasteiger partial charge in [0.1, 0.15) is 6.54 Å². The predicted molar refractivity (Wildman–Crippen MR) is 81.8 cm³/mol. The number of halogens is 1. The smallest absolute Gasteiger partial charge is 0.324 e. The van der Waals surface area contributed by atoms with Crippen molar-refractivity contribution in [2.75, 3.05) is 5.32 Å². The first-order valence-electron chi connectivity index (χ1n) is 6.41. The molecule has 5 nitrogen and oxygen atoms in total. The minimum absolute atomic E-state index is 0.0159. The van der Waals surface area contributed by atoms with Crippen LogP contribution in [0.5, 0.6) is 0 Å². The normalized spacial score (nSPS) is 10.5. The van der Waals surface area contributed by atoms with Gasteiger partial charge in [-0.15, -0.1) is 0 Å². The van der Waals surface area contributed by atoms with E-state index in [1.165, 1.54) is 4.57 Å². The Kier molecular flexibility index (Phi) is 4.79. The van der Waals surface area contributed by atoms with Gasteiger partial charge in [-0.1, -0.05) is 28.9 Å². The molecule has 1 amide bonds. The summed E-state index contributed by atoms with van der Waals surface area (Å²) in [6.45, 7) is 2.69. The number of hydrogen-bond donors (Lipinski definition) is 1. The molecule has 1 heterocycles. The number of nitrogens with one attached hydrogen (secondary N) is 1. The van der Waals surface area contributed by atoms with Crippen LogP contribution >= 0.6 is 15.9 Å². The molecule has 0 saturated heterocycles. The molecule has 0 bridgehead atoms. The van der Waals surface area contributed by atoms with Gasteiger partial charge in [0.05, 0.1) is 0 Å². The van der Waals surface area contributed by atoms with E-state index in [9.17, 15) is 9.59 Å². The highest BCUT2D eigenvalue weighted by molar-refractivity contribution is 9.10. The Morgan fingerprint density at radius 1 is 1.30 bits per heavy atom. The zero-order valence-electron chi connectivity index (χ0n) is 11.2. The van der Waals surface area contributed by atoms with Gasteiger partial charge in [0, 0.05) is 29.1 Å². The Balaban J connectivity index is 2.03. The van der Waals surface area contributed by atoms with Gasteiger partial charge in [0.25, 0.3) is 0 Å². The molecule has 20 heavy (non-hydrogen) atoms. The molecule has 0 saturated carbocycles. The van der Waals surface area contributed by atoms with E-state index in [1.54, 1.807) is 23.0 Å². The van der Waals surface area contributed by atoms with Gasteiger partial charge in [0.15, 0.2) is 0 Å². The highest BCUT2D eigenvalue weighted by atomic mass is 79.9. The van der Waals surface area contributed by atoms with Crippen LogP contribution in [0.15, 0.2) is 45.9 Å². The molecule has 0 unspecified atom stereocenters. The van der Waals surface area contributed by atoms with Crippen LogP contribution in [0.2, 0.25) is 0 Å². The summed E-state index contributed by atoms with van der Waals surface area (Å²) in [7, 11) is 0. The van der Waals surface area contributed by atoms with E-state index >= 15 is 0 Å². The van der Waals surface area contributed by atoms with Crippen LogP contribution in [0.25, 0.3) is 0 Å². The average molecular weight is 338 g/mol. The number of aromatic nitrogens is 2. The standard InChI is InChI=1S/C14H16BrN3O2/c1-2-6-17-7-8-18(14(17)20)10-13(19)16-12-5-3-4-11(15)9-12/h3-5,7-9H,2,6,10H2,1H3,(H,16,19). The average Bonchev–Trinajstić information content (AvgIpc) is 2.72. The van der Waals surface area contributed by atoms with Crippen LogP contribution in [0.3, 0.4) is 0 Å². The maximum absolute atomic E-state index is 11.9. The second kappa shape index (κ2) is 6.56. The lowest BCUT2D eigenvalue weighted by molar-refractivity contribution is -0.116. The molecule has 0 fully saturated rings. The number of nitrogens with zero attached hydrogens (tertiary/aromatic N) is 2. The molecule has 2 rings (SSSR count). The number of amides is 1. The van der Waals surface area contributed by atoms with Crippen LogP contribution in [-0.2, 0) is 17.9 Å². The SMILES string of the molecule is CCCn1ccn(CC(=O)Nc2cccc(Br)c2)c1=O. The lowest BCUT2D eigenvalue weighted by atomic mass is 10.3. The van der Waals surface area contributed by atoms with Crippen molar-refractivity contribution in [1.82, 2.24) is 9.13 Å². The number of rotatable bonds is 5. The molecular weight excluding hydrogens is 322 g/mol. The lowest BCUT2D eigenvalue weighted by Gasteiger charge is -2.05. The summed E-state index contributed by atoms with van der Waals surface area (Å²) in [6, 6.07) is 7.32. The molecule has 0 aliphatic carbocycles. The van der Waals surface area contributed by atoms with E-state index in [1.807, 2.05) is 25.1 Å². The van der Waals surface area contributed by atoms with E-state index in [-0.39, 0.29) is 18.1 Å². The van der Waals surface area contributed by atoms with Crippen LogP contribution in [0.4, 0.5) is 5.69 Å². The third kappa shape index (κ3) is 3.60. The summed E-state index contributed by atoms with van der Waals surface area (Å²) in [6.07, 6.45) is 4.23. The zero-order chi connectivity index (χ0) is 14.5. The maximum atomic E-state index is 11.9. The maximum Gasteiger partial charge on any atom is 0.328 e. The first-order chi connectivity index (χ1) is 9.60. The van der Waals surface area contributed by atoms with Crippen molar-refractivity contribution in [2.24, 2.45) is 0 Å². The molecular formula is C14H16BrN3O2. The molecule has 1 N–H and O–H groups in total. The summed E-state index contributed by atoms with van der Waals surface area (Å²) in [5, 5.41) is 2.76. The summed E-state index contributed by atoms with van der Waals surface area (Å²) in [4.78, 5) is 23.9. The Hall–Kier alpha value is -1.82. The molecule has 2 aromatic rings. The number of carbonyl (C=O) groups is 1. The monoisotopic (exact) mass is 337 g/mol. The van der Waals surface area contributed by atoms with E-state index in [0.717, 1.165) is 10.9 Å². The third-order valence-corrected chi connectivity index (χ3v) is 3.30. The fourth-order valence-corrected chi connectivity index (χ4v) is 2.31. The Labute approximate surface area is 125 Å². The van der Waals surface area contributed by atoms with E-state index < -0.39 is 0 Å². The van der Waals surface area contributed by atoms with Crippen molar-refractivity contribution in [3.63, 3.8) is 0 Å². The number of carbonyl (C=O) groups excluding carboxylic acids is 1. The van der Waals surface area contributed by atoms with E-state index in [0.29, 0.717) is 12.2 Å². The lowest BCUT2D eigenvalue weighted by Crippen LogP contribution is -2.29. The van der Waals surface area contributed by atoms with Crippen LogP contribution in [0.1, 0.15) is 13.3 Å². The highest BCUT2D eigenvalue weighted by Crippen LogP contribution is 2.15. The van der Waals surface area contributed by atoms with Gasteiger partial charge in [0.2, 0.25) is 5.91 Å². The first kappa shape index (κ1) is 14.6. The summed E-state index contributed by atoms with van der Waals surface area (Å²) >= 11 is 3.34. The first-order valence-corrected chi connectivity index (χ1v) is 7.20. The van der Waals surface area contributed by atoms with Crippen LogP contribution < -0.4 is 11.0 Å². The second-order valence-corrected chi connectivity index (χ2v) is 5.38. The number of imidazole rings is 1. The Morgan fingerprint density at radius 3 is 2.75 bits per heavy atom. The molecule has 0 atom stereocenters. The van der Waals surface area contributed by atoms with Gasteiger partial charge < -0.3 is 5.32 Å². The number of hydrogen-bond acceptors (Lipinski definition) is 2. The van der Waals surface area contributed by atoms with Crippen molar-refractivity contribution >= 4 is 27.5 Å². The zero-order valence-corrected chi connectivity index (χ0v) is 12.8. The van der Waals surface area contributed by atoms with Crippen LogP contribution in [-0.4, -0.2) is 15.0 Å². The van der Waals surface area contributed by atoms with Crippen LogP contribution in [0, 0.1) is 0 Å². The quantitative estimate of drug-likeness (QED) is 0.911. The second-order valence-electron chi connectivity index (χ2n) is 4.46. The van der Waals surface area contributed by atoms with Crippen molar-refractivity contribution in [3.05, 3.63) is 51.6 Å². The summed E-state index contributed by atoms with van der Waals surface area (Å²) in [5.74, 6) is -0.223. The summed E-state index contributed by atoms with van der Waals surface area (Å²) < 4.78 is 3.90. The predicted octanol–water partition coefficient (Wildman–Crippen LogP) is 2.46. The van der Waals surface area contributed by atoms with Crippen molar-refractivity contribution in [1.29, 1.82) is 0 Å². The molecule has 106 valence electrons. The molecule has 0 aliphatic heterocycles. The van der Waals surface area contributed by atoms with Gasteiger partial charge >= 0.3 is 5.69 Å². The van der Waals surface area contributed by atoms with Crippen molar-refractivity contribution < 1.29 is 4.79 Å². The van der Waals surface area contributed by atoms with Gasteiger partial charge in [-0.25, -0.2) is 4.79 Å². The molecule has 1 aromatic carbocycles. The summed E-state index contributed by atoms with van der Waals surface area (Å²) in [5.41, 5.74) is 0.543. The Morgan fingerprint density at radius 2 is 2.05 bits per heavy atom. The number of aryl methyl sites for hydroxylation is 1. The largest absolute Gasteiger partial charge is 0.328 e. The fraction of sp³-hybridized carbons (Fsp3) is 0.286. The van der Waals surface area contributed by atoms with E-state index in [4.69, 9.17) is 0 Å². The number of benzene rings is 1. The molecule has 0 radical (unpaired) electrons.